The Morgan fingerprint density at radius 2 is 1.89 bits per heavy atom. The second-order valence-corrected chi connectivity index (χ2v) is 5.15. The van der Waals surface area contributed by atoms with E-state index in [0.29, 0.717) is 13.3 Å². The van der Waals surface area contributed by atoms with Gasteiger partial charge in [-0.05, 0) is 38.8 Å². The number of fused-ring (bicyclic) bond motifs is 1. The van der Waals surface area contributed by atoms with E-state index in [-0.39, 0.29) is 6.04 Å². The number of hydrogen-bond donors (Lipinski definition) is 1. The summed E-state index contributed by atoms with van der Waals surface area (Å²) >= 11 is 0. The van der Waals surface area contributed by atoms with Crippen LogP contribution in [-0.2, 0) is 0 Å². The molecule has 0 fully saturated rings. The quantitative estimate of drug-likeness (QED) is 0.828. The van der Waals surface area contributed by atoms with E-state index < -0.39 is 0 Å². The maximum Gasteiger partial charge on any atom is 0.231 e. The average Bonchev–Trinajstić information content (AvgIpc) is 2.84. The molecule has 1 atom stereocenters. The molecule has 2 rings (SSSR count). The molecule has 0 saturated carbocycles. The molecule has 1 aromatic carbocycles. The van der Waals surface area contributed by atoms with Crippen LogP contribution in [0.1, 0.15) is 11.6 Å². The van der Waals surface area contributed by atoms with E-state index in [2.05, 4.69) is 37.0 Å². The standard InChI is InChI=1S/C14H23N3O2/c1-16(2)6-7-17(3)12(9-15)11-4-5-13-14(8-11)19-10-18-13/h4-5,8,12H,6-7,9-10,15H2,1-3H3. The lowest BCUT2D eigenvalue weighted by molar-refractivity contribution is 0.173. The molecule has 0 saturated heterocycles. The van der Waals surface area contributed by atoms with E-state index in [1.165, 1.54) is 5.56 Å². The normalized spacial score (nSPS) is 15.3. The first kappa shape index (κ1) is 14.1. The Hall–Kier alpha value is -1.30. The topological polar surface area (TPSA) is 51.0 Å². The number of ether oxygens (including phenoxy) is 2. The van der Waals surface area contributed by atoms with E-state index in [9.17, 15) is 0 Å². The fraction of sp³-hybridized carbons (Fsp3) is 0.571. The molecule has 0 aliphatic carbocycles. The predicted molar refractivity (Wildman–Crippen MR) is 75.5 cm³/mol. The molecule has 19 heavy (non-hydrogen) atoms. The van der Waals surface area contributed by atoms with Gasteiger partial charge in [0.15, 0.2) is 11.5 Å². The van der Waals surface area contributed by atoms with Gasteiger partial charge in [-0.25, -0.2) is 0 Å². The van der Waals surface area contributed by atoms with E-state index in [1.54, 1.807) is 0 Å². The lowest BCUT2D eigenvalue weighted by Gasteiger charge is -2.28. The summed E-state index contributed by atoms with van der Waals surface area (Å²) in [6, 6.07) is 6.26. The van der Waals surface area contributed by atoms with Crippen LogP contribution in [0.5, 0.6) is 11.5 Å². The van der Waals surface area contributed by atoms with Crippen molar-refractivity contribution in [3.63, 3.8) is 0 Å². The van der Waals surface area contributed by atoms with Gasteiger partial charge in [0.25, 0.3) is 0 Å². The zero-order chi connectivity index (χ0) is 13.8. The van der Waals surface area contributed by atoms with Gasteiger partial charge >= 0.3 is 0 Å². The van der Waals surface area contributed by atoms with Gasteiger partial charge < -0.3 is 20.1 Å². The van der Waals surface area contributed by atoms with Crippen LogP contribution in [0.2, 0.25) is 0 Å². The zero-order valence-electron chi connectivity index (χ0n) is 11.9. The number of hydrogen-bond acceptors (Lipinski definition) is 5. The van der Waals surface area contributed by atoms with Crippen molar-refractivity contribution in [2.24, 2.45) is 5.73 Å². The minimum atomic E-state index is 0.203. The van der Waals surface area contributed by atoms with Crippen LogP contribution in [0, 0.1) is 0 Å². The number of nitrogens with zero attached hydrogens (tertiary/aromatic N) is 2. The molecular formula is C14H23N3O2. The van der Waals surface area contributed by atoms with Crippen molar-refractivity contribution in [1.82, 2.24) is 9.80 Å². The third-order valence-corrected chi connectivity index (χ3v) is 3.44. The van der Waals surface area contributed by atoms with Crippen LogP contribution in [-0.4, -0.2) is 57.4 Å². The van der Waals surface area contributed by atoms with E-state index in [1.807, 2.05) is 12.1 Å². The molecule has 5 nitrogen and oxygen atoms in total. The molecule has 0 bridgehead atoms. The first-order chi connectivity index (χ1) is 9.11. The molecule has 106 valence electrons. The predicted octanol–water partition coefficient (Wildman–Crippen LogP) is 0.908. The summed E-state index contributed by atoms with van der Waals surface area (Å²) in [5.74, 6) is 1.63. The fourth-order valence-corrected chi connectivity index (χ4v) is 2.20. The van der Waals surface area contributed by atoms with Crippen molar-refractivity contribution >= 4 is 0 Å². The van der Waals surface area contributed by atoms with Crippen molar-refractivity contribution < 1.29 is 9.47 Å². The molecule has 2 N–H and O–H groups in total. The monoisotopic (exact) mass is 265 g/mol. The Kier molecular flexibility index (Phi) is 4.63. The van der Waals surface area contributed by atoms with Crippen LogP contribution in [0.3, 0.4) is 0 Å². The minimum Gasteiger partial charge on any atom is -0.454 e. The highest BCUT2D eigenvalue weighted by Gasteiger charge is 2.20. The number of nitrogens with two attached hydrogens (primary N) is 1. The van der Waals surface area contributed by atoms with Crippen LogP contribution in [0.15, 0.2) is 18.2 Å². The molecule has 5 heteroatoms. The van der Waals surface area contributed by atoms with Crippen LogP contribution >= 0.6 is 0 Å². The minimum absolute atomic E-state index is 0.203. The van der Waals surface area contributed by atoms with E-state index in [4.69, 9.17) is 15.2 Å². The number of rotatable bonds is 6. The lowest BCUT2D eigenvalue weighted by atomic mass is 10.0. The SMILES string of the molecule is CN(C)CCN(C)C(CN)c1ccc2c(c1)OCO2. The van der Waals surface area contributed by atoms with Gasteiger partial charge in [-0.3, -0.25) is 4.90 Å². The summed E-state index contributed by atoms with van der Waals surface area (Å²) in [6.07, 6.45) is 0. The van der Waals surface area contributed by atoms with E-state index >= 15 is 0 Å². The van der Waals surface area contributed by atoms with Crippen molar-refractivity contribution in [2.45, 2.75) is 6.04 Å². The first-order valence-corrected chi connectivity index (χ1v) is 6.56. The van der Waals surface area contributed by atoms with Crippen LogP contribution < -0.4 is 15.2 Å². The molecule has 1 aromatic rings. The molecular weight excluding hydrogens is 242 g/mol. The Morgan fingerprint density at radius 3 is 2.58 bits per heavy atom. The first-order valence-electron chi connectivity index (χ1n) is 6.56. The summed E-state index contributed by atoms with van der Waals surface area (Å²) in [5.41, 5.74) is 7.10. The van der Waals surface area contributed by atoms with Crippen LogP contribution in [0.25, 0.3) is 0 Å². The maximum absolute atomic E-state index is 5.93. The molecule has 0 radical (unpaired) electrons. The Balaban J connectivity index is 2.08. The largest absolute Gasteiger partial charge is 0.454 e. The van der Waals surface area contributed by atoms with Crippen LogP contribution in [0.4, 0.5) is 0 Å². The lowest BCUT2D eigenvalue weighted by Crippen LogP contribution is -2.35. The molecule has 0 spiro atoms. The van der Waals surface area contributed by atoms with Gasteiger partial charge in [0.2, 0.25) is 6.79 Å². The summed E-state index contributed by atoms with van der Waals surface area (Å²) in [4.78, 5) is 4.45. The molecule has 1 heterocycles. The summed E-state index contributed by atoms with van der Waals surface area (Å²) in [6.45, 7) is 2.88. The number of benzene rings is 1. The van der Waals surface area contributed by atoms with Gasteiger partial charge in [-0.15, -0.1) is 0 Å². The Morgan fingerprint density at radius 1 is 1.16 bits per heavy atom. The van der Waals surface area contributed by atoms with Gasteiger partial charge in [-0.2, -0.15) is 0 Å². The highest BCUT2D eigenvalue weighted by atomic mass is 16.7. The highest BCUT2D eigenvalue weighted by Crippen LogP contribution is 2.34. The third kappa shape index (κ3) is 3.37. The molecule has 1 aliphatic heterocycles. The van der Waals surface area contributed by atoms with E-state index in [0.717, 1.165) is 24.6 Å². The van der Waals surface area contributed by atoms with Gasteiger partial charge in [-0.1, -0.05) is 6.07 Å². The third-order valence-electron chi connectivity index (χ3n) is 3.44. The summed E-state index contributed by atoms with van der Waals surface area (Å²) < 4.78 is 10.8. The Labute approximate surface area is 114 Å². The smallest absolute Gasteiger partial charge is 0.231 e. The average molecular weight is 265 g/mol. The molecule has 1 unspecified atom stereocenters. The van der Waals surface area contributed by atoms with Gasteiger partial charge in [0.05, 0.1) is 0 Å². The van der Waals surface area contributed by atoms with Crippen molar-refractivity contribution in [3.05, 3.63) is 23.8 Å². The molecule has 0 amide bonds. The second-order valence-electron chi connectivity index (χ2n) is 5.15. The van der Waals surface area contributed by atoms with Crippen molar-refractivity contribution in [2.75, 3.05) is 47.6 Å². The highest BCUT2D eigenvalue weighted by molar-refractivity contribution is 5.45. The summed E-state index contributed by atoms with van der Waals surface area (Å²) in [5, 5.41) is 0. The Bertz CT molecular complexity index is 423. The van der Waals surface area contributed by atoms with Gasteiger partial charge in [0.1, 0.15) is 0 Å². The van der Waals surface area contributed by atoms with Crippen molar-refractivity contribution in [3.8, 4) is 11.5 Å². The fourth-order valence-electron chi connectivity index (χ4n) is 2.20. The second kappa shape index (κ2) is 6.23. The number of likely N-dealkylation sites (N-methyl/N-ethyl adjacent to an activating group) is 2. The summed E-state index contributed by atoms with van der Waals surface area (Å²) in [7, 11) is 6.25. The zero-order valence-corrected chi connectivity index (χ0v) is 11.9. The van der Waals surface area contributed by atoms with Gasteiger partial charge in [0, 0.05) is 25.7 Å². The molecule has 0 aromatic heterocycles. The molecule has 1 aliphatic rings. The van der Waals surface area contributed by atoms with Crippen molar-refractivity contribution in [1.29, 1.82) is 0 Å². The maximum atomic E-state index is 5.93.